The lowest BCUT2D eigenvalue weighted by Gasteiger charge is -2.20. The van der Waals surface area contributed by atoms with E-state index in [1.54, 1.807) is 37.7 Å². The number of sulfone groups is 1. The molecule has 0 bridgehead atoms. The van der Waals surface area contributed by atoms with Gasteiger partial charge in [0.2, 0.25) is 0 Å². The summed E-state index contributed by atoms with van der Waals surface area (Å²) in [5, 5.41) is 0. The topological polar surface area (TPSA) is 116 Å². The molecule has 10 heteroatoms. The maximum absolute atomic E-state index is 13.2. The maximum Gasteiger partial charge on any atom is 0.327 e. The Morgan fingerprint density at radius 3 is 2.58 bits per heavy atom. The Labute approximate surface area is 209 Å². The minimum atomic E-state index is -3.45. The van der Waals surface area contributed by atoms with Crippen LogP contribution in [0.4, 0.5) is 0 Å². The number of hydrogen-bond acceptors (Lipinski definition) is 7. The van der Waals surface area contributed by atoms with Gasteiger partial charge < -0.3 is 14.5 Å². The fraction of sp³-hybridized carbons (Fsp3) is 0.346. The minimum Gasteiger partial charge on any atom is -0.493 e. The van der Waals surface area contributed by atoms with Gasteiger partial charge >= 0.3 is 5.69 Å². The van der Waals surface area contributed by atoms with Crippen LogP contribution < -0.4 is 15.2 Å². The number of nitrogens with zero attached hydrogens (tertiary/aromatic N) is 3. The van der Waals surface area contributed by atoms with Gasteiger partial charge in [0.05, 0.1) is 47.9 Å². The third-order valence-corrected chi connectivity index (χ3v) is 7.25. The highest BCUT2D eigenvalue weighted by molar-refractivity contribution is 7.90. The van der Waals surface area contributed by atoms with E-state index in [9.17, 15) is 13.2 Å². The number of rotatable bonds is 9. The summed E-state index contributed by atoms with van der Waals surface area (Å²) in [6, 6.07) is 10.1. The van der Waals surface area contributed by atoms with Crippen molar-refractivity contribution in [3.63, 3.8) is 0 Å². The molecule has 0 unspecified atom stereocenters. The second-order valence-electron chi connectivity index (χ2n) is 9.05. The molecule has 0 amide bonds. The van der Waals surface area contributed by atoms with Crippen molar-refractivity contribution in [1.82, 2.24) is 19.5 Å². The smallest absolute Gasteiger partial charge is 0.327 e. The van der Waals surface area contributed by atoms with Gasteiger partial charge in [-0.15, -0.1) is 0 Å². The molecule has 188 valence electrons. The van der Waals surface area contributed by atoms with E-state index < -0.39 is 21.6 Å². The van der Waals surface area contributed by atoms with E-state index in [-0.39, 0.29) is 5.75 Å². The average Bonchev–Trinajstić information content (AvgIpc) is 3.64. The Balaban J connectivity index is 1.64. The molecule has 1 atom stereocenters. The Morgan fingerprint density at radius 1 is 1.11 bits per heavy atom. The predicted octanol–water partition coefficient (Wildman–Crippen LogP) is 3.71. The highest BCUT2D eigenvalue weighted by Crippen LogP contribution is 2.42. The van der Waals surface area contributed by atoms with Crippen LogP contribution in [-0.2, 0) is 9.84 Å². The number of hydrogen-bond donors (Lipinski definition) is 1. The average molecular weight is 509 g/mol. The van der Waals surface area contributed by atoms with Crippen molar-refractivity contribution in [1.29, 1.82) is 0 Å². The van der Waals surface area contributed by atoms with E-state index in [0.717, 1.165) is 29.8 Å². The number of nitrogens with one attached hydrogen (secondary N) is 1. The largest absolute Gasteiger partial charge is 0.493 e. The van der Waals surface area contributed by atoms with Crippen molar-refractivity contribution < 1.29 is 17.9 Å². The molecule has 0 aliphatic heterocycles. The quantitative estimate of drug-likeness (QED) is 0.366. The molecule has 5 rings (SSSR count). The summed E-state index contributed by atoms with van der Waals surface area (Å²) < 4.78 is 37.5. The number of aromatic nitrogens is 4. The number of ether oxygens (including phenoxy) is 2. The van der Waals surface area contributed by atoms with Crippen molar-refractivity contribution in [2.75, 3.05) is 25.7 Å². The van der Waals surface area contributed by atoms with E-state index in [1.165, 1.54) is 10.8 Å². The molecular formula is C26H28N4O5S. The molecule has 0 saturated heterocycles. The van der Waals surface area contributed by atoms with Crippen LogP contribution in [0.1, 0.15) is 43.0 Å². The molecule has 0 radical (unpaired) electrons. The van der Waals surface area contributed by atoms with Crippen LogP contribution in [-0.4, -0.2) is 53.7 Å². The van der Waals surface area contributed by atoms with Crippen LogP contribution in [0.2, 0.25) is 0 Å². The van der Waals surface area contributed by atoms with Crippen LogP contribution in [0.15, 0.2) is 53.6 Å². The molecule has 2 aromatic heterocycles. The Kier molecular flexibility index (Phi) is 6.29. The summed E-state index contributed by atoms with van der Waals surface area (Å²) in [6.07, 6.45) is 6.73. The predicted molar refractivity (Wildman–Crippen MR) is 138 cm³/mol. The van der Waals surface area contributed by atoms with Crippen LogP contribution in [0.3, 0.4) is 0 Å². The lowest BCUT2D eigenvalue weighted by Crippen LogP contribution is -2.28. The summed E-state index contributed by atoms with van der Waals surface area (Å²) in [4.78, 5) is 25.2. The first-order chi connectivity index (χ1) is 17.3. The van der Waals surface area contributed by atoms with Crippen molar-refractivity contribution >= 4 is 20.9 Å². The zero-order chi connectivity index (χ0) is 25.4. The first kappa shape index (κ1) is 24.1. The molecule has 1 aliphatic rings. The van der Waals surface area contributed by atoms with Crippen molar-refractivity contribution in [2.45, 2.75) is 31.7 Å². The van der Waals surface area contributed by atoms with Gasteiger partial charge in [-0.2, -0.15) is 0 Å². The third kappa shape index (κ3) is 4.73. The van der Waals surface area contributed by atoms with Crippen molar-refractivity contribution in [3.05, 3.63) is 70.5 Å². The number of benzene rings is 2. The molecule has 1 aliphatic carbocycles. The molecule has 9 nitrogen and oxygen atoms in total. The molecule has 1 saturated carbocycles. The molecular weight excluding hydrogens is 480 g/mol. The van der Waals surface area contributed by atoms with Gasteiger partial charge in [0.15, 0.2) is 11.5 Å². The lowest BCUT2D eigenvalue weighted by molar-refractivity contribution is 0.310. The zero-order valence-corrected chi connectivity index (χ0v) is 21.2. The van der Waals surface area contributed by atoms with E-state index in [0.29, 0.717) is 40.6 Å². The third-order valence-electron chi connectivity index (χ3n) is 6.33. The zero-order valence-electron chi connectivity index (χ0n) is 20.4. The molecule has 1 fully saturated rings. The van der Waals surface area contributed by atoms with Gasteiger partial charge in [-0.05, 0) is 49.6 Å². The molecule has 2 heterocycles. The van der Waals surface area contributed by atoms with Gasteiger partial charge in [-0.3, -0.25) is 14.5 Å². The fourth-order valence-corrected chi connectivity index (χ4v) is 5.51. The van der Waals surface area contributed by atoms with E-state index in [2.05, 4.69) is 15.0 Å². The van der Waals surface area contributed by atoms with Crippen LogP contribution >= 0.6 is 0 Å². The normalized spacial score (nSPS) is 14.6. The Hall–Kier alpha value is -3.66. The number of H-pyrrole nitrogens is 1. The fourth-order valence-electron chi connectivity index (χ4n) is 4.59. The van der Waals surface area contributed by atoms with Crippen LogP contribution in [0.5, 0.6) is 11.5 Å². The van der Waals surface area contributed by atoms with Gasteiger partial charge in [0.25, 0.3) is 0 Å². The van der Waals surface area contributed by atoms with Crippen LogP contribution in [0, 0.1) is 0 Å². The molecule has 1 N–H and O–H groups in total. The monoisotopic (exact) mass is 508 g/mol. The Morgan fingerprint density at radius 2 is 1.89 bits per heavy atom. The number of aromatic amines is 1. The molecule has 4 aromatic rings. The van der Waals surface area contributed by atoms with E-state index in [1.807, 2.05) is 25.1 Å². The summed E-state index contributed by atoms with van der Waals surface area (Å²) in [6.45, 7) is 2.27. The summed E-state index contributed by atoms with van der Waals surface area (Å²) in [5.74, 6) is 1.18. The molecule has 0 spiro atoms. The number of imidazole rings is 1. The van der Waals surface area contributed by atoms with Gasteiger partial charge in [-0.1, -0.05) is 12.1 Å². The minimum absolute atomic E-state index is 0.254. The van der Waals surface area contributed by atoms with Gasteiger partial charge in [0.1, 0.15) is 9.84 Å². The van der Waals surface area contributed by atoms with Crippen molar-refractivity contribution in [2.24, 2.45) is 0 Å². The standard InChI is InChI=1S/C26H28N4O5S/c1-4-35-23-14-17(8-10-22(23)34-2)21(15-36(3,32)33)30-20-9-7-18(13-19(20)29-26(30)31)25-24(16-5-6-16)27-11-12-28-25/h7-14,16,21H,4-6,15H2,1-3H3,(H,29,31)/t21-/m1/s1. The highest BCUT2D eigenvalue weighted by atomic mass is 32.2. The van der Waals surface area contributed by atoms with Crippen LogP contribution in [0.25, 0.3) is 22.3 Å². The van der Waals surface area contributed by atoms with Crippen molar-refractivity contribution in [3.8, 4) is 22.8 Å². The maximum atomic E-state index is 13.2. The highest BCUT2D eigenvalue weighted by Gasteiger charge is 2.29. The van der Waals surface area contributed by atoms with E-state index >= 15 is 0 Å². The van der Waals surface area contributed by atoms with Gasteiger partial charge in [-0.25, -0.2) is 13.2 Å². The molecule has 36 heavy (non-hydrogen) atoms. The Bertz CT molecular complexity index is 1590. The SMILES string of the molecule is CCOc1cc([C@@H](CS(C)(=O)=O)n2c(=O)[nH]c3cc(-c4nccnc4C4CC4)ccc32)ccc1OC. The summed E-state index contributed by atoms with van der Waals surface area (Å²) in [7, 11) is -1.91. The summed E-state index contributed by atoms with van der Waals surface area (Å²) >= 11 is 0. The second-order valence-corrected chi connectivity index (χ2v) is 11.2. The number of fused-ring (bicyclic) bond motifs is 1. The number of methoxy groups -OCH3 is 1. The first-order valence-corrected chi connectivity index (χ1v) is 13.9. The van der Waals surface area contributed by atoms with Gasteiger partial charge in [0, 0.05) is 30.1 Å². The van der Waals surface area contributed by atoms with E-state index in [4.69, 9.17) is 9.47 Å². The second kappa shape index (κ2) is 9.42. The lowest BCUT2D eigenvalue weighted by atomic mass is 10.1. The first-order valence-electron chi connectivity index (χ1n) is 11.8. The molecule has 2 aromatic carbocycles. The summed E-state index contributed by atoms with van der Waals surface area (Å²) in [5.41, 5.74) is 4.06.